The molecule has 0 saturated heterocycles. The van der Waals surface area contributed by atoms with Gasteiger partial charge in [-0.3, -0.25) is 0 Å². The second-order valence-electron chi connectivity index (χ2n) is 3.76. The minimum absolute atomic E-state index is 0.479. The normalized spacial score (nSPS) is 11.1. The molecule has 20 heavy (non-hydrogen) atoms. The van der Waals surface area contributed by atoms with E-state index in [1.165, 1.54) is 0 Å². The zero-order valence-electron chi connectivity index (χ0n) is 12.6. The van der Waals surface area contributed by atoms with Crippen LogP contribution in [0.5, 0.6) is 0 Å². The molecule has 0 bridgehead atoms. The maximum absolute atomic E-state index is 5.34. The summed E-state index contributed by atoms with van der Waals surface area (Å²) in [6.45, 7) is 12.6. The van der Waals surface area contributed by atoms with Gasteiger partial charge in [0.15, 0.2) is 0 Å². The smallest absolute Gasteiger partial charge is 0.0701 e. The van der Waals surface area contributed by atoms with Crippen molar-refractivity contribution in [3.05, 3.63) is 6.92 Å². The lowest BCUT2D eigenvalue weighted by molar-refractivity contribution is -0.0151. The van der Waals surface area contributed by atoms with Gasteiger partial charge in [-0.05, 0) is 13.8 Å². The second-order valence-corrected chi connectivity index (χ2v) is 3.76. The van der Waals surface area contributed by atoms with Crippen molar-refractivity contribution in [3.8, 4) is 0 Å². The molecule has 0 spiro atoms. The number of ether oxygens (including phenoxy) is 6. The summed E-state index contributed by atoms with van der Waals surface area (Å²) >= 11 is 0. The molecule has 0 unspecified atom stereocenters. The molecular formula is C14H29O6. The summed E-state index contributed by atoms with van der Waals surface area (Å²) in [6.07, 6.45) is 0. The largest absolute Gasteiger partial charge is 0.379 e. The van der Waals surface area contributed by atoms with Gasteiger partial charge in [-0.15, -0.1) is 0 Å². The van der Waals surface area contributed by atoms with Gasteiger partial charge in [-0.1, -0.05) is 0 Å². The Kier molecular flexibility index (Phi) is 18.5. The Morgan fingerprint density at radius 3 is 1.10 bits per heavy atom. The molecule has 0 amide bonds. The van der Waals surface area contributed by atoms with Gasteiger partial charge in [-0.2, -0.15) is 0 Å². The van der Waals surface area contributed by atoms with Gasteiger partial charge in [0.25, 0.3) is 0 Å². The van der Waals surface area contributed by atoms with Crippen LogP contribution in [0.3, 0.4) is 0 Å². The van der Waals surface area contributed by atoms with Crippen molar-refractivity contribution in [2.24, 2.45) is 0 Å². The maximum atomic E-state index is 5.34. The molecule has 0 aromatic heterocycles. The van der Waals surface area contributed by atoms with E-state index in [1.54, 1.807) is 0 Å². The van der Waals surface area contributed by atoms with Crippen molar-refractivity contribution in [2.75, 3.05) is 79.3 Å². The van der Waals surface area contributed by atoms with Gasteiger partial charge >= 0.3 is 0 Å². The summed E-state index contributed by atoms with van der Waals surface area (Å²) in [7, 11) is 0. The van der Waals surface area contributed by atoms with E-state index in [9.17, 15) is 0 Å². The molecule has 0 aromatic rings. The summed E-state index contributed by atoms with van der Waals surface area (Å²) in [5.41, 5.74) is 0. The summed E-state index contributed by atoms with van der Waals surface area (Å²) in [5, 5.41) is 0. The Balaban J connectivity index is 2.89. The zero-order valence-corrected chi connectivity index (χ0v) is 12.6. The zero-order chi connectivity index (χ0) is 14.7. The minimum atomic E-state index is 0.479. The van der Waals surface area contributed by atoms with E-state index in [-0.39, 0.29) is 0 Å². The van der Waals surface area contributed by atoms with Crippen LogP contribution in [0, 0.1) is 6.92 Å². The predicted molar refractivity (Wildman–Crippen MR) is 75.9 cm³/mol. The third-order valence-electron chi connectivity index (χ3n) is 2.21. The van der Waals surface area contributed by atoms with Crippen molar-refractivity contribution >= 4 is 0 Å². The highest BCUT2D eigenvalue weighted by Crippen LogP contribution is 1.84. The van der Waals surface area contributed by atoms with Crippen LogP contribution in [-0.2, 0) is 28.4 Å². The Bertz CT molecular complexity index is 150. The van der Waals surface area contributed by atoms with E-state index in [2.05, 4.69) is 6.92 Å². The Morgan fingerprint density at radius 1 is 0.500 bits per heavy atom. The summed E-state index contributed by atoms with van der Waals surface area (Å²) in [6, 6.07) is 0. The molecule has 0 aliphatic rings. The van der Waals surface area contributed by atoms with Crippen LogP contribution in [0.2, 0.25) is 0 Å². The standard InChI is InChI=1S/C14H29O6/c1-3-15-5-7-17-9-11-19-13-14-20-12-10-18-8-6-16-4-2/h1,3-14H2,2H3. The first-order chi connectivity index (χ1) is 9.91. The summed E-state index contributed by atoms with van der Waals surface area (Å²) in [5.74, 6) is 0. The van der Waals surface area contributed by atoms with Gasteiger partial charge in [0.1, 0.15) is 0 Å². The predicted octanol–water partition coefficient (Wildman–Crippen LogP) is 0.940. The van der Waals surface area contributed by atoms with Crippen LogP contribution in [-0.4, -0.2) is 79.3 Å². The van der Waals surface area contributed by atoms with Crippen molar-refractivity contribution in [1.82, 2.24) is 0 Å². The Morgan fingerprint density at radius 2 is 0.800 bits per heavy atom. The van der Waals surface area contributed by atoms with Crippen LogP contribution in [0.25, 0.3) is 0 Å². The molecule has 1 radical (unpaired) electrons. The first kappa shape index (κ1) is 19.8. The fraction of sp³-hybridized carbons (Fsp3) is 0.929. The molecule has 0 atom stereocenters. The molecular weight excluding hydrogens is 264 g/mol. The van der Waals surface area contributed by atoms with E-state index in [4.69, 9.17) is 28.4 Å². The molecule has 0 aromatic carbocycles. The van der Waals surface area contributed by atoms with Gasteiger partial charge in [0.2, 0.25) is 0 Å². The van der Waals surface area contributed by atoms with Crippen molar-refractivity contribution < 1.29 is 28.4 Å². The number of rotatable bonds is 17. The maximum Gasteiger partial charge on any atom is 0.0701 e. The van der Waals surface area contributed by atoms with Crippen molar-refractivity contribution in [2.45, 2.75) is 6.92 Å². The van der Waals surface area contributed by atoms with Gasteiger partial charge in [0, 0.05) is 13.2 Å². The highest BCUT2D eigenvalue weighted by Gasteiger charge is 1.93. The summed E-state index contributed by atoms with van der Waals surface area (Å²) in [4.78, 5) is 0. The van der Waals surface area contributed by atoms with Crippen LogP contribution in [0.4, 0.5) is 0 Å². The van der Waals surface area contributed by atoms with Gasteiger partial charge in [0.05, 0.1) is 66.1 Å². The third kappa shape index (κ3) is 17.8. The van der Waals surface area contributed by atoms with Crippen LogP contribution >= 0.6 is 0 Å². The van der Waals surface area contributed by atoms with E-state index < -0.39 is 0 Å². The minimum Gasteiger partial charge on any atom is -0.379 e. The lowest BCUT2D eigenvalue weighted by Gasteiger charge is -2.07. The monoisotopic (exact) mass is 293 g/mol. The van der Waals surface area contributed by atoms with Crippen LogP contribution in [0.15, 0.2) is 0 Å². The molecule has 121 valence electrons. The third-order valence-corrected chi connectivity index (χ3v) is 2.21. The quantitative estimate of drug-likeness (QED) is 0.372. The van der Waals surface area contributed by atoms with E-state index >= 15 is 0 Å². The first-order valence-electron chi connectivity index (χ1n) is 7.17. The molecule has 0 saturated carbocycles. The highest BCUT2D eigenvalue weighted by molar-refractivity contribution is 4.36. The lowest BCUT2D eigenvalue weighted by atomic mass is 10.7. The topological polar surface area (TPSA) is 55.4 Å². The highest BCUT2D eigenvalue weighted by atomic mass is 16.6. The molecule has 0 N–H and O–H groups in total. The van der Waals surface area contributed by atoms with E-state index in [1.807, 2.05) is 6.92 Å². The van der Waals surface area contributed by atoms with E-state index in [0.717, 1.165) is 6.61 Å². The molecule has 0 aliphatic carbocycles. The molecule has 6 heteroatoms. The fourth-order valence-corrected chi connectivity index (χ4v) is 1.24. The SMILES string of the molecule is [CH2]COCCOCCOCCOCCOCCOCC. The average molecular weight is 293 g/mol. The van der Waals surface area contributed by atoms with Crippen molar-refractivity contribution in [1.29, 1.82) is 0 Å². The molecule has 0 heterocycles. The first-order valence-corrected chi connectivity index (χ1v) is 7.17. The van der Waals surface area contributed by atoms with Crippen LogP contribution < -0.4 is 0 Å². The lowest BCUT2D eigenvalue weighted by Crippen LogP contribution is -2.14. The fourth-order valence-electron chi connectivity index (χ4n) is 1.24. The molecule has 0 rings (SSSR count). The Hall–Kier alpha value is -0.240. The molecule has 0 fully saturated rings. The van der Waals surface area contributed by atoms with Gasteiger partial charge < -0.3 is 28.4 Å². The molecule has 6 nitrogen and oxygen atoms in total. The van der Waals surface area contributed by atoms with Crippen LogP contribution in [0.1, 0.15) is 6.92 Å². The number of hydrogen-bond acceptors (Lipinski definition) is 6. The number of hydrogen-bond donors (Lipinski definition) is 0. The summed E-state index contributed by atoms with van der Waals surface area (Å²) < 4.78 is 31.4. The molecule has 0 aliphatic heterocycles. The van der Waals surface area contributed by atoms with Gasteiger partial charge in [-0.25, -0.2) is 0 Å². The van der Waals surface area contributed by atoms with Crippen molar-refractivity contribution in [3.63, 3.8) is 0 Å². The second kappa shape index (κ2) is 18.8. The average Bonchev–Trinajstić information content (AvgIpc) is 2.47. The Labute approximate surface area is 122 Å². The van der Waals surface area contributed by atoms with E-state index in [0.29, 0.717) is 72.7 Å².